The van der Waals surface area contributed by atoms with E-state index in [0.29, 0.717) is 6.61 Å². The molecule has 0 aliphatic heterocycles. The van der Waals surface area contributed by atoms with E-state index < -0.39 is 0 Å². The Bertz CT molecular complexity index is 524. The van der Waals surface area contributed by atoms with Gasteiger partial charge in [0.05, 0.1) is 5.69 Å². The van der Waals surface area contributed by atoms with E-state index in [1.54, 1.807) is 5.01 Å². The fourth-order valence-corrected chi connectivity index (χ4v) is 2.02. The van der Waals surface area contributed by atoms with Crippen LogP contribution >= 0.6 is 0 Å². The summed E-state index contributed by atoms with van der Waals surface area (Å²) in [5.41, 5.74) is 3.24. The lowest BCUT2D eigenvalue weighted by Gasteiger charge is -2.20. The predicted molar refractivity (Wildman–Crippen MR) is 79.2 cm³/mol. The highest BCUT2D eigenvalue weighted by molar-refractivity contribution is 5.60. The van der Waals surface area contributed by atoms with Crippen molar-refractivity contribution >= 4 is 5.69 Å². The Balaban J connectivity index is 2.23. The number of hydrazine groups is 1. The van der Waals surface area contributed by atoms with Crippen molar-refractivity contribution < 1.29 is 4.74 Å². The largest absolute Gasteiger partial charge is 0.486 e. The molecule has 0 aromatic heterocycles. The number of ether oxygens (including phenoxy) is 1. The molecule has 19 heavy (non-hydrogen) atoms. The standard InChI is InChI=1S/C16H20N2O/c1-3-14-10-7-11-15(18(2)17)16(14)19-12-13-8-5-4-6-9-13/h4-11H,3,12,17H2,1-2H3. The fourth-order valence-electron chi connectivity index (χ4n) is 2.02. The predicted octanol–water partition coefficient (Wildman–Crippen LogP) is 3.14. The van der Waals surface area contributed by atoms with Gasteiger partial charge in [0.1, 0.15) is 12.4 Å². The lowest BCUT2D eigenvalue weighted by molar-refractivity contribution is 0.304. The molecule has 2 aromatic rings. The Hall–Kier alpha value is -2.00. The SMILES string of the molecule is CCc1cccc(N(C)N)c1OCc1ccccc1. The molecule has 3 heteroatoms. The first-order valence-electron chi connectivity index (χ1n) is 6.49. The van der Waals surface area contributed by atoms with Crippen molar-refractivity contribution in [2.45, 2.75) is 20.0 Å². The number of benzene rings is 2. The summed E-state index contributed by atoms with van der Waals surface area (Å²) in [6, 6.07) is 16.2. The van der Waals surface area contributed by atoms with E-state index in [9.17, 15) is 0 Å². The van der Waals surface area contributed by atoms with Gasteiger partial charge in [0.15, 0.2) is 0 Å². The molecular weight excluding hydrogens is 236 g/mol. The zero-order valence-corrected chi connectivity index (χ0v) is 11.5. The lowest BCUT2D eigenvalue weighted by atomic mass is 10.1. The van der Waals surface area contributed by atoms with E-state index in [4.69, 9.17) is 10.6 Å². The van der Waals surface area contributed by atoms with E-state index in [1.807, 2.05) is 37.4 Å². The van der Waals surface area contributed by atoms with Gasteiger partial charge in [0.2, 0.25) is 0 Å². The molecule has 0 radical (unpaired) electrons. The van der Waals surface area contributed by atoms with Gasteiger partial charge in [-0.15, -0.1) is 0 Å². The van der Waals surface area contributed by atoms with Crippen molar-refractivity contribution in [2.75, 3.05) is 12.1 Å². The first-order chi connectivity index (χ1) is 9.22. The molecule has 0 aliphatic carbocycles. The molecule has 2 rings (SSSR count). The molecular formula is C16H20N2O. The molecule has 0 bridgehead atoms. The molecule has 0 fully saturated rings. The summed E-state index contributed by atoms with van der Waals surface area (Å²) < 4.78 is 5.98. The van der Waals surface area contributed by atoms with Crippen molar-refractivity contribution in [3.63, 3.8) is 0 Å². The van der Waals surface area contributed by atoms with Gasteiger partial charge in [-0.1, -0.05) is 49.4 Å². The zero-order chi connectivity index (χ0) is 13.7. The summed E-state index contributed by atoms with van der Waals surface area (Å²) in [6.45, 7) is 2.67. The number of anilines is 1. The van der Waals surface area contributed by atoms with Crippen LogP contribution in [0, 0.1) is 0 Å². The number of aryl methyl sites for hydroxylation is 1. The first kappa shape index (κ1) is 13.4. The maximum absolute atomic E-state index is 5.98. The smallest absolute Gasteiger partial charge is 0.147 e. The molecule has 0 saturated heterocycles. The van der Waals surface area contributed by atoms with Crippen molar-refractivity contribution in [2.24, 2.45) is 5.84 Å². The van der Waals surface area contributed by atoms with Crippen LogP contribution in [0.25, 0.3) is 0 Å². The number of nitrogens with zero attached hydrogens (tertiary/aromatic N) is 1. The maximum Gasteiger partial charge on any atom is 0.147 e. The number of hydrogen-bond donors (Lipinski definition) is 1. The molecule has 0 saturated carbocycles. The van der Waals surface area contributed by atoms with Gasteiger partial charge in [-0.3, -0.25) is 0 Å². The van der Waals surface area contributed by atoms with Crippen LogP contribution in [0.15, 0.2) is 48.5 Å². The van der Waals surface area contributed by atoms with Crippen LogP contribution in [0.1, 0.15) is 18.1 Å². The highest BCUT2D eigenvalue weighted by Crippen LogP contribution is 2.31. The van der Waals surface area contributed by atoms with Crippen LogP contribution in [-0.4, -0.2) is 7.05 Å². The lowest BCUT2D eigenvalue weighted by Crippen LogP contribution is -2.25. The molecule has 0 unspecified atom stereocenters. The minimum atomic E-state index is 0.554. The topological polar surface area (TPSA) is 38.5 Å². The van der Waals surface area contributed by atoms with E-state index >= 15 is 0 Å². The van der Waals surface area contributed by atoms with E-state index in [-0.39, 0.29) is 0 Å². The van der Waals surface area contributed by atoms with Crippen LogP contribution in [0.4, 0.5) is 5.69 Å². The minimum Gasteiger partial charge on any atom is -0.486 e. The van der Waals surface area contributed by atoms with Gasteiger partial charge in [-0.25, -0.2) is 5.84 Å². The van der Waals surface area contributed by atoms with Gasteiger partial charge in [-0.2, -0.15) is 0 Å². The summed E-state index contributed by atoms with van der Waals surface area (Å²) in [4.78, 5) is 0. The summed E-state index contributed by atoms with van der Waals surface area (Å²) in [5, 5.41) is 1.60. The molecule has 0 amide bonds. The average Bonchev–Trinajstić information content (AvgIpc) is 2.45. The molecule has 0 aliphatic rings. The van der Waals surface area contributed by atoms with Crippen molar-refractivity contribution in [1.82, 2.24) is 0 Å². The van der Waals surface area contributed by atoms with Crippen LogP contribution < -0.4 is 15.6 Å². The van der Waals surface area contributed by atoms with Gasteiger partial charge < -0.3 is 9.75 Å². The highest BCUT2D eigenvalue weighted by Gasteiger charge is 2.10. The number of nitrogens with two attached hydrogens (primary N) is 1. The molecule has 3 nitrogen and oxygen atoms in total. The Labute approximate surface area is 114 Å². The third kappa shape index (κ3) is 3.26. The quantitative estimate of drug-likeness (QED) is 0.660. The third-order valence-corrected chi connectivity index (χ3v) is 3.06. The van der Waals surface area contributed by atoms with Crippen molar-refractivity contribution in [3.8, 4) is 5.75 Å². The van der Waals surface area contributed by atoms with Crippen LogP contribution in [0.5, 0.6) is 5.75 Å². The number of rotatable bonds is 5. The van der Waals surface area contributed by atoms with Gasteiger partial charge in [0.25, 0.3) is 0 Å². The fraction of sp³-hybridized carbons (Fsp3) is 0.250. The van der Waals surface area contributed by atoms with Gasteiger partial charge >= 0.3 is 0 Å². The summed E-state index contributed by atoms with van der Waals surface area (Å²) >= 11 is 0. The molecule has 2 N–H and O–H groups in total. The second-order valence-electron chi connectivity index (χ2n) is 4.50. The molecule has 2 aromatic carbocycles. The normalized spacial score (nSPS) is 10.3. The van der Waals surface area contributed by atoms with E-state index in [0.717, 1.165) is 23.4 Å². The second-order valence-corrected chi connectivity index (χ2v) is 4.50. The first-order valence-corrected chi connectivity index (χ1v) is 6.49. The van der Waals surface area contributed by atoms with Crippen LogP contribution in [0.2, 0.25) is 0 Å². The molecule has 0 atom stereocenters. The second kappa shape index (κ2) is 6.25. The summed E-state index contributed by atoms with van der Waals surface area (Å²) in [6.07, 6.45) is 0.922. The molecule has 100 valence electrons. The molecule has 0 spiro atoms. The Morgan fingerprint density at radius 2 is 1.79 bits per heavy atom. The zero-order valence-electron chi connectivity index (χ0n) is 11.5. The Kier molecular flexibility index (Phi) is 4.42. The van der Waals surface area contributed by atoms with E-state index in [2.05, 4.69) is 25.1 Å². The Morgan fingerprint density at radius 1 is 1.05 bits per heavy atom. The molecule has 0 heterocycles. The van der Waals surface area contributed by atoms with E-state index in [1.165, 1.54) is 5.56 Å². The maximum atomic E-state index is 5.98. The summed E-state index contributed by atoms with van der Waals surface area (Å²) in [5.74, 6) is 6.73. The third-order valence-electron chi connectivity index (χ3n) is 3.06. The monoisotopic (exact) mass is 256 g/mol. The Morgan fingerprint density at radius 3 is 2.42 bits per heavy atom. The van der Waals surface area contributed by atoms with Crippen LogP contribution in [-0.2, 0) is 13.0 Å². The van der Waals surface area contributed by atoms with Gasteiger partial charge in [0, 0.05) is 7.05 Å². The van der Waals surface area contributed by atoms with Crippen molar-refractivity contribution in [3.05, 3.63) is 59.7 Å². The van der Waals surface area contributed by atoms with Gasteiger partial charge in [-0.05, 0) is 23.6 Å². The van der Waals surface area contributed by atoms with Crippen LogP contribution in [0.3, 0.4) is 0 Å². The minimum absolute atomic E-state index is 0.554. The average molecular weight is 256 g/mol. The highest BCUT2D eigenvalue weighted by atomic mass is 16.5. The summed E-state index contributed by atoms with van der Waals surface area (Å²) in [7, 11) is 1.82. The number of hydrogen-bond acceptors (Lipinski definition) is 3. The van der Waals surface area contributed by atoms with Crippen molar-refractivity contribution in [1.29, 1.82) is 0 Å². The number of para-hydroxylation sites is 1.